The maximum Gasteiger partial charge on any atom is 0.244 e. The summed E-state index contributed by atoms with van der Waals surface area (Å²) in [6, 6.07) is 11.5. The Morgan fingerprint density at radius 1 is 1.13 bits per heavy atom. The minimum absolute atomic E-state index is 0.00724. The first-order valence-corrected chi connectivity index (χ1v) is 12.0. The van der Waals surface area contributed by atoms with Gasteiger partial charge in [0.15, 0.2) is 0 Å². The van der Waals surface area contributed by atoms with Crippen LogP contribution >= 0.6 is 0 Å². The van der Waals surface area contributed by atoms with Crippen LogP contribution < -0.4 is 5.32 Å². The molecule has 0 aliphatic carbocycles. The Labute approximate surface area is 179 Å². The minimum Gasteiger partial charge on any atom is -0.349 e. The van der Waals surface area contributed by atoms with Gasteiger partial charge in [-0.2, -0.15) is 4.31 Å². The Hall–Kier alpha value is -2.25. The van der Waals surface area contributed by atoms with E-state index in [1.54, 1.807) is 18.3 Å². The van der Waals surface area contributed by atoms with Crippen molar-refractivity contribution in [2.24, 2.45) is 11.8 Å². The lowest BCUT2D eigenvalue weighted by atomic mass is 9.96. The van der Waals surface area contributed by atoms with Crippen molar-refractivity contribution < 1.29 is 13.2 Å². The summed E-state index contributed by atoms with van der Waals surface area (Å²) in [6.07, 6.45) is 5.00. The van der Waals surface area contributed by atoms with Crippen LogP contribution in [0.25, 0.3) is 0 Å². The van der Waals surface area contributed by atoms with Crippen molar-refractivity contribution in [3.8, 4) is 0 Å². The molecule has 30 heavy (non-hydrogen) atoms. The molecule has 1 unspecified atom stereocenters. The number of nitrogens with zero attached hydrogens (tertiary/aromatic N) is 2. The first-order chi connectivity index (χ1) is 14.3. The van der Waals surface area contributed by atoms with Crippen LogP contribution in [-0.4, -0.2) is 36.7 Å². The zero-order valence-electron chi connectivity index (χ0n) is 17.9. The zero-order valence-corrected chi connectivity index (χ0v) is 18.7. The van der Waals surface area contributed by atoms with Gasteiger partial charge in [-0.25, -0.2) is 8.42 Å². The predicted octanol–water partition coefficient (Wildman–Crippen LogP) is 3.56. The Kier molecular flexibility index (Phi) is 7.26. The fourth-order valence-corrected chi connectivity index (χ4v) is 5.27. The number of benzene rings is 1. The number of rotatable bonds is 7. The topological polar surface area (TPSA) is 79.4 Å². The summed E-state index contributed by atoms with van der Waals surface area (Å²) in [5, 5.41) is 3.09. The first kappa shape index (κ1) is 22.4. The number of piperidine rings is 1. The third-order valence-corrected chi connectivity index (χ3v) is 7.46. The highest BCUT2D eigenvalue weighted by Crippen LogP contribution is 2.24. The molecule has 1 aromatic heterocycles. The van der Waals surface area contributed by atoms with Gasteiger partial charge in [-0.1, -0.05) is 38.1 Å². The van der Waals surface area contributed by atoms with Crippen molar-refractivity contribution in [1.29, 1.82) is 0 Å². The largest absolute Gasteiger partial charge is 0.349 e. The average molecular weight is 430 g/mol. The van der Waals surface area contributed by atoms with Crippen LogP contribution in [0, 0.1) is 11.8 Å². The summed E-state index contributed by atoms with van der Waals surface area (Å²) in [4.78, 5) is 16.8. The Morgan fingerprint density at radius 3 is 2.37 bits per heavy atom. The number of pyridine rings is 1. The molecule has 0 saturated carbocycles. The normalized spacial score (nSPS) is 17.1. The lowest BCUT2D eigenvalue weighted by Crippen LogP contribution is -2.43. The van der Waals surface area contributed by atoms with E-state index in [2.05, 4.69) is 48.4 Å². The molecule has 1 N–H and O–H groups in total. The third-order valence-electron chi connectivity index (χ3n) is 5.58. The molecule has 1 saturated heterocycles. The highest BCUT2D eigenvalue weighted by atomic mass is 32.2. The molecule has 1 fully saturated rings. The third kappa shape index (κ3) is 5.46. The van der Waals surface area contributed by atoms with Crippen LogP contribution in [-0.2, 0) is 21.2 Å². The number of carbonyl (C=O) groups is 1. The summed E-state index contributed by atoms with van der Waals surface area (Å²) < 4.78 is 26.9. The van der Waals surface area contributed by atoms with Crippen LogP contribution in [0.1, 0.15) is 50.8 Å². The van der Waals surface area contributed by atoms with E-state index in [9.17, 15) is 13.2 Å². The van der Waals surface area contributed by atoms with E-state index in [0.29, 0.717) is 31.8 Å². The molecule has 3 rings (SSSR count). The molecule has 6 nitrogen and oxygen atoms in total. The standard InChI is InChI=1S/C23H31N3O3S/c1-17(2)15-19-6-8-20(9-7-19)18(3)25-23(27)21-10-13-26(14-11-21)30(28,29)22-5-4-12-24-16-22/h4-9,12,16-18,21H,10-11,13-15H2,1-3H3,(H,25,27). The van der Waals surface area contributed by atoms with Crippen molar-refractivity contribution in [2.45, 2.75) is 51.0 Å². The molecule has 1 atom stereocenters. The highest BCUT2D eigenvalue weighted by molar-refractivity contribution is 7.89. The summed E-state index contributed by atoms with van der Waals surface area (Å²) in [7, 11) is -3.55. The van der Waals surface area contributed by atoms with E-state index < -0.39 is 10.0 Å². The number of carbonyl (C=O) groups excluding carboxylic acids is 1. The van der Waals surface area contributed by atoms with Gasteiger partial charge in [-0.15, -0.1) is 0 Å². The fourth-order valence-electron chi connectivity index (χ4n) is 3.84. The maximum atomic E-state index is 12.7. The molecule has 0 radical (unpaired) electrons. The lowest BCUT2D eigenvalue weighted by Gasteiger charge is -2.31. The highest BCUT2D eigenvalue weighted by Gasteiger charge is 2.32. The van der Waals surface area contributed by atoms with E-state index in [1.807, 2.05) is 6.92 Å². The van der Waals surface area contributed by atoms with Crippen LogP contribution in [0.3, 0.4) is 0 Å². The van der Waals surface area contributed by atoms with Crippen molar-refractivity contribution in [3.63, 3.8) is 0 Å². The second-order valence-electron chi connectivity index (χ2n) is 8.44. The van der Waals surface area contributed by atoms with E-state index in [0.717, 1.165) is 12.0 Å². The Bertz CT molecular complexity index is 935. The molecule has 2 aromatic rings. The molecule has 1 aliphatic rings. The van der Waals surface area contributed by atoms with Crippen LogP contribution in [0.2, 0.25) is 0 Å². The molecule has 1 aromatic carbocycles. The van der Waals surface area contributed by atoms with E-state index >= 15 is 0 Å². The predicted molar refractivity (Wildman–Crippen MR) is 117 cm³/mol. The Balaban J connectivity index is 1.54. The van der Waals surface area contributed by atoms with E-state index in [1.165, 1.54) is 16.1 Å². The quantitative estimate of drug-likeness (QED) is 0.730. The number of amides is 1. The summed E-state index contributed by atoms with van der Waals surface area (Å²) in [5.41, 5.74) is 2.38. The van der Waals surface area contributed by atoms with E-state index in [-0.39, 0.29) is 22.8 Å². The number of hydrogen-bond donors (Lipinski definition) is 1. The van der Waals surface area contributed by atoms with Crippen molar-refractivity contribution in [1.82, 2.24) is 14.6 Å². The molecular formula is C23H31N3O3S. The summed E-state index contributed by atoms with van der Waals surface area (Å²) in [5.74, 6) is 0.431. The van der Waals surface area contributed by atoms with Crippen molar-refractivity contribution in [2.75, 3.05) is 13.1 Å². The minimum atomic E-state index is -3.55. The lowest BCUT2D eigenvalue weighted by molar-refractivity contribution is -0.126. The second kappa shape index (κ2) is 9.71. The molecule has 1 amide bonds. The number of nitrogens with one attached hydrogen (secondary N) is 1. The van der Waals surface area contributed by atoms with Crippen molar-refractivity contribution >= 4 is 15.9 Å². The SMILES string of the molecule is CC(C)Cc1ccc(C(C)NC(=O)C2CCN(S(=O)(=O)c3cccnc3)CC2)cc1. The summed E-state index contributed by atoms with van der Waals surface area (Å²) in [6.45, 7) is 7.06. The number of hydrogen-bond acceptors (Lipinski definition) is 4. The molecule has 7 heteroatoms. The van der Waals surface area contributed by atoms with Gasteiger partial charge in [-0.3, -0.25) is 9.78 Å². The van der Waals surface area contributed by atoms with Crippen LogP contribution in [0.15, 0.2) is 53.7 Å². The van der Waals surface area contributed by atoms with Crippen LogP contribution in [0.5, 0.6) is 0 Å². The molecule has 0 spiro atoms. The van der Waals surface area contributed by atoms with Gasteiger partial charge >= 0.3 is 0 Å². The van der Waals surface area contributed by atoms with Gasteiger partial charge in [0.25, 0.3) is 0 Å². The van der Waals surface area contributed by atoms with Gasteiger partial charge < -0.3 is 5.32 Å². The average Bonchev–Trinajstić information content (AvgIpc) is 2.74. The molecular weight excluding hydrogens is 398 g/mol. The second-order valence-corrected chi connectivity index (χ2v) is 10.4. The van der Waals surface area contributed by atoms with E-state index in [4.69, 9.17) is 0 Å². The molecule has 0 bridgehead atoms. The number of sulfonamides is 1. The zero-order chi connectivity index (χ0) is 21.7. The van der Waals surface area contributed by atoms with Crippen molar-refractivity contribution in [3.05, 3.63) is 59.9 Å². The molecule has 1 aliphatic heterocycles. The Morgan fingerprint density at radius 2 is 1.80 bits per heavy atom. The fraction of sp³-hybridized carbons (Fsp3) is 0.478. The smallest absolute Gasteiger partial charge is 0.244 e. The summed E-state index contributed by atoms with van der Waals surface area (Å²) >= 11 is 0. The monoisotopic (exact) mass is 429 g/mol. The van der Waals surface area contributed by atoms with Crippen LogP contribution in [0.4, 0.5) is 0 Å². The first-order valence-electron chi connectivity index (χ1n) is 10.6. The number of aromatic nitrogens is 1. The van der Waals surface area contributed by atoms with Gasteiger partial charge in [0.2, 0.25) is 15.9 Å². The van der Waals surface area contributed by atoms with Gasteiger partial charge in [0.1, 0.15) is 4.90 Å². The molecule has 162 valence electrons. The van der Waals surface area contributed by atoms with Gasteiger partial charge in [-0.05, 0) is 55.4 Å². The molecule has 2 heterocycles. The van der Waals surface area contributed by atoms with Gasteiger partial charge in [0.05, 0.1) is 6.04 Å². The maximum absolute atomic E-state index is 12.7. The van der Waals surface area contributed by atoms with Gasteiger partial charge in [0, 0.05) is 31.4 Å².